The van der Waals surface area contributed by atoms with Crippen molar-refractivity contribution >= 4 is 17.5 Å². The van der Waals surface area contributed by atoms with Crippen LogP contribution in [0.25, 0.3) is 0 Å². The van der Waals surface area contributed by atoms with Gasteiger partial charge in [-0.1, -0.05) is 18.6 Å². The van der Waals surface area contributed by atoms with E-state index in [1.54, 1.807) is 11.1 Å². The van der Waals surface area contributed by atoms with Gasteiger partial charge in [0.25, 0.3) is 0 Å². The molecule has 2 N–H and O–H groups in total. The van der Waals surface area contributed by atoms with Crippen LogP contribution in [-0.4, -0.2) is 50.6 Å². The summed E-state index contributed by atoms with van der Waals surface area (Å²) in [6, 6.07) is 6.91. The van der Waals surface area contributed by atoms with Crippen molar-refractivity contribution in [2.75, 3.05) is 18.5 Å². The Morgan fingerprint density at radius 3 is 2.66 bits per heavy atom. The summed E-state index contributed by atoms with van der Waals surface area (Å²) in [5.74, 6) is 0.762. The average Bonchev–Trinajstić information content (AvgIpc) is 3.07. The lowest BCUT2D eigenvalue weighted by molar-refractivity contribution is -0.162. The van der Waals surface area contributed by atoms with Crippen LogP contribution in [0.5, 0.6) is 0 Å². The van der Waals surface area contributed by atoms with E-state index in [2.05, 4.69) is 10.3 Å². The molecule has 2 heterocycles. The number of hydrogen-bond acceptors (Lipinski definition) is 5. The van der Waals surface area contributed by atoms with Crippen molar-refractivity contribution in [2.45, 2.75) is 38.0 Å². The molecule has 2 fully saturated rings. The topological polar surface area (TPSA) is 96.7 Å². The molecule has 0 spiro atoms. The van der Waals surface area contributed by atoms with Crippen LogP contribution in [0.15, 0.2) is 36.7 Å². The maximum atomic E-state index is 12.5. The fourth-order valence-corrected chi connectivity index (χ4v) is 3.79. The summed E-state index contributed by atoms with van der Waals surface area (Å²) in [4.78, 5) is 30.5. The largest absolute Gasteiger partial charge is 0.394 e. The van der Waals surface area contributed by atoms with Crippen molar-refractivity contribution in [2.24, 2.45) is 13.0 Å². The number of carbonyl (C=O) groups is 2. The third-order valence-electron chi connectivity index (χ3n) is 5.86. The second-order valence-electron chi connectivity index (χ2n) is 7.70. The van der Waals surface area contributed by atoms with Gasteiger partial charge in [-0.15, -0.1) is 0 Å². The monoisotopic (exact) mass is 398 g/mol. The number of carbonyl (C=O) groups excluding carboxylic acids is 2. The van der Waals surface area contributed by atoms with Gasteiger partial charge in [-0.05, 0) is 30.5 Å². The van der Waals surface area contributed by atoms with E-state index in [9.17, 15) is 14.7 Å². The summed E-state index contributed by atoms with van der Waals surface area (Å²) in [6.07, 6.45) is 6.08. The number of anilines is 1. The fraction of sp³-hybridized carbons (Fsp3) is 0.476. The van der Waals surface area contributed by atoms with E-state index >= 15 is 0 Å². The van der Waals surface area contributed by atoms with Crippen LogP contribution in [0.3, 0.4) is 0 Å². The third kappa shape index (κ3) is 4.04. The summed E-state index contributed by atoms with van der Waals surface area (Å²) >= 11 is 0. The van der Waals surface area contributed by atoms with Crippen LogP contribution < -0.4 is 5.32 Å². The van der Waals surface area contributed by atoms with Crippen LogP contribution in [-0.2, 0) is 27.9 Å². The zero-order valence-electron chi connectivity index (χ0n) is 16.5. The van der Waals surface area contributed by atoms with Gasteiger partial charge in [-0.2, -0.15) is 0 Å². The molecule has 1 saturated carbocycles. The van der Waals surface area contributed by atoms with Crippen LogP contribution in [0.2, 0.25) is 0 Å². The number of benzene rings is 1. The number of hydrogen-bond donors (Lipinski definition) is 2. The number of morpholine rings is 1. The van der Waals surface area contributed by atoms with E-state index in [1.165, 1.54) is 0 Å². The van der Waals surface area contributed by atoms with E-state index < -0.39 is 12.1 Å². The molecule has 2 aromatic rings. The molecule has 0 radical (unpaired) electrons. The third-order valence-corrected chi connectivity index (χ3v) is 5.86. The Kier molecular flexibility index (Phi) is 5.64. The average molecular weight is 398 g/mol. The molecule has 1 aromatic carbocycles. The van der Waals surface area contributed by atoms with E-state index in [-0.39, 0.29) is 30.9 Å². The first-order valence-corrected chi connectivity index (χ1v) is 9.95. The van der Waals surface area contributed by atoms with Crippen LogP contribution in [0.4, 0.5) is 5.69 Å². The molecular formula is C21H26N4O4. The van der Waals surface area contributed by atoms with Crippen molar-refractivity contribution in [3.8, 4) is 0 Å². The van der Waals surface area contributed by atoms with E-state index in [1.807, 2.05) is 42.1 Å². The molecule has 0 bridgehead atoms. The zero-order valence-corrected chi connectivity index (χ0v) is 16.5. The van der Waals surface area contributed by atoms with Gasteiger partial charge in [-0.25, -0.2) is 4.98 Å². The van der Waals surface area contributed by atoms with Crippen LogP contribution >= 0.6 is 0 Å². The number of nitrogens with one attached hydrogen (secondary N) is 1. The molecule has 0 unspecified atom stereocenters. The minimum Gasteiger partial charge on any atom is -0.394 e. The number of aliphatic hydroxyl groups excluding tert-OH is 1. The van der Waals surface area contributed by atoms with Gasteiger partial charge in [0, 0.05) is 31.0 Å². The second-order valence-corrected chi connectivity index (χ2v) is 7.70. The first-order valence-electron chi connectivity index (χ1n) is 9.95. The molecule has 1 aliphatic heterocycles. The predicted octanol–water partition coefficient (Wildman–Crippen LogP) is 1.62. The Morgan fingerprint density at radius 2 is 2.07 bits per heavy atom. The number of aromatic nitrogens is 2. The highest BCUT2D eigenvalue weighted by Crippen LogP contribution is 2.31. The lowest BCUT2D eigenvalue weighted by Gasteiger charge is -2.40. The summed E-state index contributed by atoms with van der Waals surface area (Å²) in [5, 5.41) is 13.0. The molecular weight excluding hydrogens is 372 g/mol. The molecule has 8 heteroatoms. The molecule has 1 saturated heterocycles. The van der Waals surface area contributed by atoms with Crippen LogP contribution in [0.1, 0.15) is 36.8 Å². The van der Waals surface area contributed by atoms with Gasteiger partial charge in [0.15, 0.2) is 0 Å². The van der Waals surface area contributed by atoms with Gasteiger partial charge in [0.05, 0.1) is 19.2 Å². The van der Waals surface area contributed by atoms with Crippen molar-refractivity contribution in [3.63, 3.8) is 0 Å². The number of rotatable bonds is 6. The first kappa shape index (κ1) is 19.6. The molecule has 2 amide bonds. The Hall–Kier alpha value is -2.71. The summed E-state index contributed by atoms with van der Waals surface area (Å²) in [7, 11) is 1.87. The van der Waals surface area contributed by atoms with Crippen molar-refractivity contribution in [1.82, 2.24) is 14.5 Å². The highest BCUT2D eigenvalue weighted by atomic mass is 16.5. The molecule has 1 aliphatic carbocycles. The smallest absolute Gasteiger partial charge is 0.249 e. The number of nitrogens with zero attached hydrogens (tertiary/aromatic N) is 3. The highest BCUT2D eigenvalue weighted by Gasteiger charge is 2.37. The molecule has 154 valence electrons. The quantitative estimate of drug-likeness (QED) is 0.771. The Balaban J connectivity index is 1.48. The van der Waals surface area contributed by atoms with E-state index in [4.69, 9.17) is 4.74 Å². The lowest BCUT2D eigenvalue weighted by Crippen LogP contribution is -2.52. The Morgan fingerprint density at radius 1 is 1.31 bits per heavy atom. The van der Waals surface area contributed by atoms with Crippen LogP contribution in [0, 0.1) is 5.92 Å². The standard InChI is InChI=1S/C21H26N4O4/c1-24-10-9-22-18(24)11-25-17(12-26)20(29-13-19(25)27)14-5-7-16(8-6-14)23-21(28)15-3-2-4-15/h5-10,15,17,20,26H,2-4,11-13H2,1H3,(H,23,28)/t17-,20-/m1/s1. The highest BCUT2D eigenvalue weighted by molar-refractivity contribution is 5.93. The number of aliphatic hydroxyl groups is 1. The maximum Gasteiger partial charge on any atom is 0.249 e. The summed E-state index contributed by atoms with van der Waals surface area (Å²) in [6.45, 7) is 0.0374. The SMILES string of the molecule is Cn1ccnc1CN1C(=O)CO[C@H](c2ccc(NC(=O)C3CCC3)cc2)[C@H]1CO. The predicted molar refractivity (Wildman–Crippen MR) is 106 cm³/mol. The number of aryl methyl sites for hydroxylation is 1. The molecule has 29 heavy (non-hydrogen) atoms. The molecule has 1 aromatic heterocycles. The van der Waals surface area contributed by atoms with Gasteiger partial charge < -0.3 is 24.6 Å². The molecule has 8 nitrogen and oxygen atoms in total. The minimum atomic E-state index is -0.511. The summed E-state index contributed by atoms with van der Waals surface area (Å²) in [5.41, 5.74) is 1.59. The van der Waals surface area contributed by atoms with Gasteiger partial charge in [0.2, 0.25) is 11.8 Å². The molecule has 4 rings (SSSR count). The molecule has 2 aliphatic rings. The minimum absolute atomic E-state index is 0.0498. The van der Waals surface area contributed by atoms with Crippen molar-refractivity contribution in [1.29, 1.82) is 0 Å². The lowest BCUT2D eigenvalue weighted by atomic mass is 9.85. The second kappa shape index (κ2) is 8.34. The Labute approximate surface area is 169 Å². The van der Waals surface area contributed by atoms with E-state index in [0.29, 0.717) is 6.54 Å². The maximum absolute atomic E-state index is 12.5. The van der Waals surface area contributed by atoms with Gasteiger partial charge in [0.1, 0.15) is 18.5 Å². The number of ether oxygens (including phenoxy) is 1. The van der Waals surface area contributed by atoms with Crippen molar-refractivity contribution < 1.29 is 19.4 Å². The van der Waals surface area contributed by atoms with Gasteiger partial charge in [-0.3, -0.25) is 9.59 Å². The van der Waals surface area contributed by atoms with E-state index in [0.717, 1.165) is 36.3 Å². The normalized spacial score (nSPS) is 22.4. The Bertz CT molecular complexity index is 875. The number of imidazole rings is 1. The zero-order chi connectivity index (χ0) is 20.4. The summed E-state index contributed by atoms with van der Waals surface area (Å²) < 4.78 is 7.63. The molecule has 2 atom stereocenters. The first-order chi connectivity index (χ1) is 14.1. The fourth-order valence-electron chi connectivity index (χ4n) is 3.79. The van der Waals surface area contributed by atoms with Crippen molar-refractivity contribution in [3.05, 3.63) is 48.0 Å². The van der Waals surface area contributed by atoms with Gasteiger partial charge >= 0.3 is 0 Å². The number of amides is 2.